The predicted octanol–water partition coefficient (Wildman–Crippen LogP) is 3.86. The second-order valence-corrected chi connectivity index (χ2v) is 7.89. The summed E-state index contributed by atoms with van der Waals surface area (Å²) >= 11 is 6.00. The van der Waals surface area contributed by atoms with Gasteiger partial charge in [0.2, 0.25) is 0 Å². The Kier molecular flexibility index (Phi) is 3.91. The standard InChI is InChI=1S/C21H18ClN3O3/c22-14-2-4-19-15(10-14)18(26)11-21(28-19)5-7-25(8-6-21)20(27)13-1-3-16-17(9-13)24-12-23-16/h1-4,9-10,12H,5-8,11H2,(H,23,24). The van der Waals surface area contributed by atoms with Gasteiger partial charge in [-0.1, -0.05) is 11.6 Å². The van der Waals surface area contributed by atoms with E-state index in [2.05, 4.69) is 9.97 Å². The van der Waals surface area contributed by atoms with Gasteiger partial charge in [-0.3, -0.25) is 9.59 Å². The van der Waals surface area contributed by atoms with E-state index in [9.17, 15) is 9.59 Å². The van der Waals surface area contributed by atoms with E-state index in [0.717, 1.165) is 11.0 Å². The van der Waals surface area contributed by atoms with Crippen molar-refractivity contribution in [1.82, 2.24) is 14.9 Å². The summed E-state index contributed by atoms with van der Waals surface area (Å²) in [5.74, 6) is 0.624. The van der Waals surface area contributed by atoms with Crippen LogP contribution in [0.4, 0.5) is 0 Å². The van der Waals surface area contributed by atoms with Gasteiger partial charge in [-0.25, -0.2) is 4.98 Å². The lowest BCUT2D eigenvalue weighted by Crippen LogP contribution is -2.52. The maximum absolute atomic E-state index is 12.9. The number of nitrogens with zero attached hydrogens (tertiary/aromatic N) is 2. The number of aromatic nitrogens is 2. The molecule has 5 rings (SSSR count). The lowest BCUT2D eigenvalue weighted by atomic mass is 9.82. The number of aromatic amines is 1. The fourth-order valence-electron chi connectivity index (χ4n) is 4.11. The highest BCUT2D eigenvalue weighted by molar-refractivity contribution is 6.31. The molecule has 1 fully saturated rings. The van der Waals surface area contributed by atoms with Crippen LogP contribution >= 0.6 is 11.6 Å². The Hall–Kier alpha value is -2.86. The molecule has 3 heterocycles. The third kappa shape index (κ3) is 2.85. The molecule has 1 amide bonds. The summed E-state index contributed by atoms with van der Waals surface area (Å²) in [5.41, 5.74) is 2.32. The maximum atomic E-state index is 12.9. The molecule has 2 aliphatic heterocycles. The van der Waals surface area contributed by atoms with Gasteiger partial charge in [-0.15, -0.1) is 0 Å². The lowest BCUT2D eigenvalue weighted by molar-refractivity contribution is -0.00570. The van der Waals surface area contributed by atoms with Crippen LogP contribution in [0.2, 0.25) is 5.02 Å². The van der Waals surface area contributed by atoms with Gasteiger partial charge in [0.05, 0.1) is 29.3 Å². The van der Waals surface area contributed by atoms with Crippen LogP contribution < -0.4 is 4.74 Å². The minimum Gasteiger partial charge on any atom is -0.486 e. The number of likely N-dealkylation sites (tertiary alicyclic amines) is 1. The number of carbonyl (C=O) groups is 2. The number of ketones is 1. The second kappa shape index (κ2) is 6.34. The number of Topliss-reactive ketones (excluding diaryl/α,β-unsaturated/α-hetero) is 1. The zero-order chi connectivity index (χ0) is 19.3. The number of H-pyrrole nitrogens is 1. The van der Waals surface area contributed by atoms with E-state index in [1.807, 2.05) is 17.0 Å². The molecular weight excluding hydrogens is 378 g/mol. The fourth-order valence-corrected chi connectivity index (χ4v) is 4.29. The van der Waals surface area contributed by atoms with Crippen LogP contribution in [-0.2, 0) is 0 Å². The number of rotatable bonds is 1. The number of fused-ring (bicyclic) bond motifs is 2. The number of hydrogen-bond acceptors (Lipinski definition) is 4. The Morgan fingerprint density at radius 3 is 2.82 bits per heavy atom. The number of ether oxygens (including phenoxy) is 1. The Labute approximate surface area is 166 Å². The van der Waals surface area contributed by atoms with Gasteiger partial charge in [0.25, 0.3) is 5.91 Å². The van der Waals surface area contributed by atoms with Crippen LogP contribution in [0.25, 0.3) is 11.0 Å². The highest BCUT2D eigenvalue weighted by Crippen LogP contribution is 2.40. The Balaban J connectivity index is 1.32. The first-order valence-electron chi connectivity index (χ1n) is 9.27. The molecule has 1 spiro atoms. The molecule has 1 N–H and O–H groups in total. The minimum atomic E-state index is -0.540. The fraction of sp³-hybridized carbons (Fsp3) is 0.286. The highest BCUT2D eigenvalue weighted by Gasteiger charge is 2.43. The van der Waals surface area contributed by atoms with Crippen molar-refractivity contribution < 1.29 is 14.3 Å². The summed E-state index contributed by atoms with van der Waals surface area (Å²) in [6.07, 6.45) is 3.19. The lowest BCUT2D eigenvalue weighted by Gasteiger charge is -2.44. The van der Waals surface area contributed by atoms with Crippen molar-refractivity contribution >= 4 is 34.3 Å². The van der Waals surface area contributed by atoms with Gasteiger partial charge < -0.3 is 14.6 Å². The predicted molar refractivity (Wildman–Crippen MR) is 105 cm³/mol. The molecule has 0 bridgehead atoms. The summed E-state index contributed by atoms with van der Waals surface area (Å²) in [4.78, 5) is 34.6. The summed E-state index contributed by atoms with van der Waals surface area (Å²) in [6, 6.07) is 10.6. The van der Waals surface area contributed by atoms with Crippen molar-refractivity contribution in [2.75, 3.05) is 13.1 Å². The van der Waals surface area contributed by atoms with Gasteiger partial charge in [0.1, 0.15) is 11.4 Å². The first kappa shape index (κ1) is 17.3. The molecule has 3 aromatic rings. The normalized spacial score (nSPS) is 18.2. The maximum Gasteiger partial charge on any atom is 0.253 e. The number of nitrogens with one attached hydrogen (secondary N) is 1. The van der Waals surface area contributed by atoms with E-state index in [-0.39, 0.29) is 11.7 Å². The number of amides is 1. The molecule has 0 aliphatic carbocycles. The minimum absolute atomic E-state index is 0.0133. The molecule has 2 aromatic carbocycles. The highest BCUT2D eigenvalue weighted by atomic mass is 35.5. The molecule has 1 saturated heterocycles. The Morgan fingerprint density at radius 2 is 2.00 bits per heavy atom. The largest absolute Gasteiger partial charge is 0.486 e. The van der Waals surface area contributed by atoms with E-state index in [0.29, 0.717) is 54.3 Å². The number of halogens is 1. The number of carbonyl (C=O) groups excluding carboxylic acids is 2. The van der Waals surface area contributed by atoms with Crippen LogP contribution in [0, 0.1) is 0 Å². The van der Waals surface area contributed by atoms with Crippen molar-refractivity contribution in [3.05, 3.63) is 58.9 Å². The third-order valence-electron chi connectivity index (χ3n) is 5.68. The van der Waals surface area contributed by atoms with Crippen LogP contribution in [0.3, 0.4) is 0 Å². The molecule has 142 valence electrons. The summed E-state index contributed by atoms with van der Waals surface area (Å²) < 4.78 is 6.24. The monoisotopic (exact) mass is 395 g/mol. The van der Waals surface area contributed by atoms with Gasteiger partial charge in [-0.05, 0) is 36.4 Å². The van der Waals surface area contributed by atoms with Crippen LogP contribution in [0.1, 0.15) is 40.0 Å². The van der Waals surface area contributed by atoms with Crippen molar-refractivity contribution in [2.24, 2.45) is 0 Å². The van der Waals surface area contributed by atoms with E-state index in [4.69, 9.17) is 16.3 Å². The van der Waals surface area contributed by atoms with Crippen molar-refractivity contribution in [3.8, 4) is 5.75 Å². The summed E-state index contributed by atoms with van der Waals surface area (Å²) in [6.45, 7) is 1.10. The topological polar surface area (TPSA) is 75.3 Å². The Bertz CT molecular complexity index is 1100. The first-order chi connectivity index (χ1) is 13.5. The van der Waals surface area contributed by atoms with Gasteiger partial charge in [0.15, 0.2) is 5.78 Å². The molecule has 6 nitrogen and oxygen atoms in total. The number of benzene rings is 2. The molecule has 2 aliphatic rings. The number of hydrogen-bond donors (Lipinski definition) is 1. The van der Waals surface area contributed by atoms with Gasteiger partial charge in [0, 0.05) is 36.5 Å². The van der Waals surface area contributed by atoms with Crippen LogP contribution in [0.15, 0.2) is 42.7 Å². The molecular formula is C21H18ClN3O3. The summed E-state index contributed by atoms with van der Waals surface area (Å²) in [7, 11) is 0. The molecule has 0 radical (unpaired) electrons. The number of imidazole rings is 1. The van der Waals surface area contributed by atoms with Crippen LogP contribution in [0.5, 0.6) is 5.75 Å². The van der Waals surface area contributed by atoms with Crippen molar-refractivity contribution in [3.63, 3.8) is 0 Å². The second-order valence-electron chi connectivity index (χ2n) is 7.45. The molecule has 0 saturated carbocycles. The molecule has 0 atom stereocenters. The molecule has 7 heteroatoms. The van der Waals surface area contributed by atoms with Crippen LogP contribution in [-0.4, -0.2) is 45.2 Å². The van der Waals surface area contributed by atoms with E-state index >= 15 is 0 Å². The first-order valence-corrected chi connectivity index (χ1v) is 9.65. The SMILES string of the molecule is O=C1CC2(CCN(C(=O)c3ccc4nc[nH]c4c3)CC2)Oc2ccc(Cl)cc21. The number of piperidine rings is 1. The van der Waals surface area contributed by atoms with Crippen molar-refractivity contribution in [2.45, 2.75) is 24.9 Å². The van der Waals surface area contributed by atoms with Gasteiger partial charge >= 0.3 is 0 Å². The third-order valence-corrected chi connectivity index (χ3v) is 5.92. The Morgan fingerprint density at radius 1 is 1.18 bits per heavy atom. The average Bonchev–Trinajstić information content (AvgIpc) is 3.17. The zero-order valence-corrected chi connectivity index (χ0v) is 15.8. The zero-order valence-electron chi connectivity index (χ0n) is 15.1. The van der Waals surface area contributed by atoms with E-state index in [1.165, 1.54) is 0 Å². The molecule has 1 aromatic heterocycles. The summed E-state index contributed by atoms with van der Waals surface area (Å²) in [5, 5.41) is 0.529. The van der Waals surface area contributed by atoms with E-state index in [1.54, 1.807) is 30.6 Å². The van der Waals surface area contributed by atoms with E-state index < -0.39 is 5.60 Å². The molecule has 0 unspecified atom stereocenters. The van der Waals surface area contributed by atoms with Crippen molar-refractivity contribution in [1.29, 1.82) is 0 Å². The smallest absolute Gasteiger partial charge is 0.253 e. The van der Waals surface area contributed by atoms with Gasteiger partial charge in [-0.2, -0.15) is 0 Å². The quantitative estimate of drug-likeness (QED) is 0.679. The molecule has 28 heavy (non-hydrogen) atoms. The average molecular weight is 396 g/mol.